The summed E-state index contributed by atoms with van der Waals surface area (Å²) in [6, 6.07) is 0. The molecule has 5 atom stereocenters. The highest BCUT2D eigenvalue weighted by Gasteiger charge is 2.72. The lowest BCUT2D eigenvalue weighted by Gasteiger charge is -2.60. The van der Waals surface area contributed by atoms with Crippen LogP contribution < -0.4 is 0 Å². The van der Waals surface area contributed by atoms with Crippen LogP contribution in [-0.2, 0) is 14.3 Å². The summed E-state index contributed by atoms with van der Waals surface area (Å²) in [5, 5.41) is 10.8. The van der Waals surface area contributed by atoms with Gasteiger partial charge in [-0.3, -0.25) is 0 Å². The Labute approximate surface area is 112 Å². The first-order valence-corrected chi connectivity index (χ1v) is 6.92. The molecule has 0 amide bonds. The van der Waals surface area contributed by atoms with Crippen molar-refractivity contribution in [2.45, 2.75) is 38.1 Å². The number of hydrogen-bond donors (Lipinski definition) is 1. The van der Waals surface area contributed by atoms with Crippen LogP contribution in [-0.4, -0.2) is 29.6 Å². The largest absolute Gasteiger partial charge is 0.423 e. The zero-order chi connectivity index (χ0) is 13.4. The Bertz CT molecular complexity index is 520. The average Bonchev–Trinajstić information content (AvgIpc) is 2.80. The van der Waals surface area contributed by atoms with E-state index in [0.29, 0.717) is 24.0 Å². The van der Waals surface area contributed by atoms with Gasteiger partial charge >= 0.3 is 5.97 Å². The van der Waals surface area contributed by atoms with E-state index in [2.05, 4.69) is 6.58 Å². The number of carbonyl (C=O) groups excluding carboxylic acids is 1. The van der Waals surface area contributed by atoms with Crippen molar-refractivity contribution in [3.63, 3.8) is 0 Å². The maximum absolute atomic E-state index is 11.6. The summed E-state index contributed by atoms with van der Waals surface area (Å²) >= 11 is 0. The molecule has 1 N–H and O–H groups in total. The zero-order valence-corrected chi connectivity index (χ0v) is 11.0. The lowest BCUT2D eigenvalue weighted by molar-refractivity contribution is -0.213. The molecule has 2 spiro atoms. The van der Waals surface area contributed by atoms with Gasteiger partial charge in [0.15, 0.2) is 0 Å². The van der Waals surface area contributed by atoms with Gasteiger partial charge in [-0.25, -0.2) is 4.79 Å². The smallest absolute Gasteiger partial charge is 0.336 e. The molecule has 0 aromatic carbocycles. The Morgan fingerprint density at radius 3 is 2.89 bits per heavy atom. The van der Waals surface area contributed by atoms with E-state index in [1.165, 1.54) is 5.57 Å². The standard InChI is InChI=1S/C15H18O4/c1-8-3-4-10-5-11(8)14(10)7-18-15(13(14)17)6-9(2)12(16)19-15/h6,10-11,13,17H,1,3-5,7H2,2H3/t10-,11-,13-,14+,15-/m0/s1. The average molecular weight is 262 g/mol. The van der Waals surface area contributed by atoms with Gasteiger partial charge in [0.05, 0.1) is 6.61 Å². The van der Waals surface area contributed by atoms with Gasteiger partial charge in [-0.2, -0.15) is 0 Å². The van der Waals surface area contributed by atoms with Gasteiger partial charge in [0.25, 0.3) is 5.79 Å². The molecule has 5 rings (SSSR count). The highest BCUT2D eigenvalue weighted by molar-refractivity contribution is 5.90. The van der Waals surface area contributed by atoms with Gasteiger partial charge in [-0.1, -0.05) is 12.2 Å². The fourth-order valence-electron chi connectivity index (χ4n) is 4.54. The van der Waals surface area contributed by atoms with Crippen molar-refractivity contribution in [2.24, 2.45) is 17.3 Å². The van der Waals surface area contributed by atoms with Crippen molar-refractivity contribution in [3.05, 3.63) is 23.8 Å². The molecule has 2 aliphatic heterocycles. The van der Waals surface area contributed by atoms with Crippen LogP contribution >= 0.6 is 0 Å². The fourth-order valence-corrected chi connectivity index (χ4v) is 4.54. The molecule has 4 heteroatoms. The Morgan fingerprint density at radius 2 is 2.32 bits per heavy atom. The first kappa shape index (κ1) is 11.7. The van der Waals surface area contributed by atoms with E-state index < -0.39 is 11.9 Å². The number of hydrogen-bond acceptors (Lipinski definition) is 4. The molecule has 102 valence electrons. The molecule has 2 heterocycles. The number of allylic oxidation sites excluding steroid dienone is 1. The summed E-state index contributed by atoms with van der Waals surface area (Å²) in [4.78, 5) is 11.6. The number of esters is 1. The van der Waals surface area contributed by atoms with Gasteiger partial charge in [-0.15, -0.1) is 0 Å². The predicted molar refractivity (Wildman–Crippen MR) is 66.9 cm³/mol. The number of aliphatic hydroxyl groups is 1. The Morgan fingerprint density at radius 1 is 1.53 bits per heavy atom. The van der Waals surface area contributed by atoms with Gasteiger partial charge in [0.1, 0.15) is 6.10 Å². The van der Waals surface area contributed by atoms with E-state index in [4.69, 9.17) is 9.47 Å². The Balaban J connectivity index is 1.72. The summed E-state index contributed by atoms with van der Waals surface area (Å²) in [7, 11) is 0. The number of fused-ring (bicyclic) bond motifs is 2. The second-order valence-corrected chi connectivity index (χ2v) is 6.42. The van der Waals surface area contributed by atoms with Crippen LogP contribution in [0, 0.1) is 17.3 Å². The van der Waals surface area contributed by atoms with Crippen LogP contribution in [0.25, 0.3) is 0 Å². The minimum atomic E-state index is -1.24. The SMILES string of the molecule is C=C1CC[C@H]2C[C@@H]1[C@@]21CO[C@]2(C=C(C)C(=O)O2)[C@H]1O. The maximum atomic E-state index is 11.6. The minimum Gasteiger partial charge on any atom is -0.423 e. The molecular weight excluding hydrogens is 244 g/mol. The molecule has 0 aromatic rings. The number of carbonyl (C=O) groups is 1. The summed E-state index contributed by atoms with van der Waals surface area (Å²) < 4.78 is 11.1. The second kappa shape index (κ2) is 3.30. The number of ether oxygens (including phenoxy) is 2. The van der Waals surface area contributed by atoms with Crippen LogP contribution in [0.3, 0.4) is 0 Å². The van der Waals surface area contributed by atoms with E-state index in [-0.39, 0.29) is 11.4 Å². The lowest BCUT2D eigenvalue weighted by atomic mass is 9.44. The third-order valence-corrected chi connectivity index (χ3v) is 5.67. The van der Waals surface area contributed by atoms with Crippen molar-refractivity contribution >= 4 is 5.97 Å². The summed E-state index contributed by atoms with van der Waals surface area (Å²) in [6.07, 6.45) is 4.06. The zero-order valence-electron chi connectivity index (χ0n) is 11.0. The van der Waals surface area contributed by atoms with Crippen molar-refractivity contribution in [2.75, 3.05) is 6.61 Å². The monoisotopic (exact) mass is 262 g/mol. The van der Waals surface area contributed by atoms with Crippen LogP contribution in [0.4, 0.5) is 0 Å². The van der Waals surface area contributed by atoms with Gasteiger partial charge in [-0.05, 0) is 44.1 Å². The molecule has 19 heavy (non-hydrogen) atoms. The van der Waals surface area contributed by atoms with E-state index in [1.807, 2.05) is 0 Å². The fraction of sp³-hybridized carbons (Fsp3) is 0.667. The van der Waals surface area contributed by atoms with Gasteiger partial charge in [0.2, 0.25) is 0 Å². The van der Waals surface area contributed by atoms with Crippen molar-refractivity contribution in [3.8, 4) is 0 Å². The molecule has 5 aliphatic rings. The summed E-state index contributed by atoms with van der Waals surface area (Å²) in [6.45, 7) is 6.29. The molecule has 0 unspecified atom stereocenters. The predicted octanol–water partition coefficient (Wildman–Crippen LogP) is 1.55. The van der Waals surface area contributed by atoms with Crippen LogP contribution in [0.15, 0.2) is 23.8 Å². The molecule has 0 aromatic heterocycles. The molecule has 3 aliphatic carbocycles. The van der Waals surface area contributed by atoms with Crippen LogP contribution in [0.2, 0.25) is 0 Å². The highest BCUT2D eigenvalue weighted by Crippen LogP contribution is 2.67. The third kappa shape index (κ3) is 1.15. The Hall–Kier alpha value is -1.13. The summed E-state index contributed by atoms with van der Waals surface area (Å²) in [5.41, 5.74) is 1.45. The van der Waals surface area contributed by atoms with E-state index in [1.54, 1.807) is 13.0 Å². The third-order valence-electron chi connectivity index (χ3n) is 5.67. The molecule has 4 fully saturated rings. The molecular formula is C15H18O4. The Kier molecular flexibility index (Phi) is 2.03. The number of rotatable bonds is 0. The topological polar surface area (TPSA) is 55.8 Å². The summed E-state index contributed by atoms with van der Waals surface area (Å²) in [5.74, 6) is -0.853. The van der Waals surface area contributed by atoms with Crippen LogP contribution in [0.5, 0.6) is 0 Å². The van der Waals surface area contributed by atoms with Gasteiger partial charge in [0, 0.05) is 11.0 Å². The lowest BCUT2D eigenvalue weighted by Crippen LogP contribution is -2.61. The van der Waals surface area contributed by atoms with Crippen molar-refractivity contribution in [1.82, 2.24) is 0 Å². The van der Waals surface area contributed by atoms with E-state index in [9.17, 15) is 9.90 Å². The highest BCUT2D eigenvalue weighted by atomic mass is 16.7. The molecule has 4 nitrogen and oxygen atoms in total. The number of aliphatic hydroxyl groups excluding tert-OH is 1. The normalized spacial score (nSPS) is 51.5. The van der Waals surface area contributed by atoms with Crippen molar-refractivity contribution in [1.29, 1.82) is 0 Å². The second-order valence-electron chi connectivity index (χ2n) is 6.42. The minimum absolute atomic E-state index is 0.281. The molecule has 1 saturated heterocycles. The first-order valence-electron chi connectivity index (χ1n) is 6.92. The maximum Gasteiger partial charge on any atom is 0.336 e. The van der Waals surface area contributed by atoms with E-state index >= 15 is 0 Å². The van der Waals surface area contributed by atoms with E-state index in [0.717, 1.165) is 19.3 Å². The first-order chi connectivity index (χ1) is 8.99. The molecule has 0 radical (unpaired) electrons. The molecule has 2 bridgehead atoms. The van der Waals surface area contributed by atoms with Crippen molar-refractivity contribution < 1.29 is 19.4 Å². The molecule has 3 saturated carbocycles. The van der Waals surface area contributed by atoms with Crippen LogP contribution in [0.1, 0.15) is 26.2 Å². The quantitative estimate of drug-likeness (QED) is 0.531. The van der Waals surface area contributed by atoms with Gasteiger partial charge < -0.3 is 14.6 Å².